The summed E-state index contributed by atoms with van der Waals surface area (Å²) in [7, 11) is 0. The first kappa shape index (κ1) is 23.4. The molecule has 0 atom stereocenters. The minimum atomic E-state index is -0.0764. The number of rotatable bonds is 8. The first-order valence-electron chi connectivity index (χ1n) is 11.0. The van der Waals surface area contributed by atoms with Crippen LogP contribution in [0.2, 0.25) is 5.02 Å². The highest BCUT2D eigenvalue weighted by Gasteiger charge is 2.17. The third-order valence-corrected chi connectivity index (χ3v) is 5.88. The number of halogens is 1. The molecule has 1 aliphatic rings. The molecule has 2 aromatic carbocycles. The van der Waals surface area contributed by atoms with E-state index in [0.29, 0.717) is 6.54 Å². The number of benzene rings is 2. The van der Waals surface area contributed by atoms with Gasteiger partial charge >= 0.3 is 0 Å². The van der Waals surface area contributed by atoms with Crippen LogP contribution in [0.15, 0.2) is 48.5 Å². The Hall–Kier alpha value is -2.24. The molecule has 2 aromatic rings. The zero-order valence-corrected chi connectivity index (χ0v) is 19.6. The smallest absolute Gasteiger partial charge is 0.257 e. The second kappa shape index (κ2) is 10.9. The molecule has 0 aromatic heterocycles. The molecule has 168 valence electrons. The molecule has 1 fully saturated rings. The van der Waals surface area contributed by atoms with E-state index in [9.17, 15) is 4.79 Å². The second-order valence-electron chi connectivity index (χ2n) is 9.07. The Labute approximate surface area is 191 Å². The number of nitrogens with one attached hydrogen (secondary N) is 1. The highest BCUT2D eigenvalue weighted by Crippen LogP contribution is 2.24. The number of hydrogen-bond donors (Lipinski definition) is 1. The highest BCUT2D eigenvalue weighted by atomic mass is 35.5. The van der Waals surface area contributed by atoms with Crippen molar-refractivity contribution in [2.75, 3.05) is 50.8 Å². The number of carbonyl (C=O) groups is 1. The topological polar surface area (TPSA) is 44.8 Å². The summed E-state index contributed by atoms with van der Waals surface area (Å²) < 4.78 is 5.61. The van der Waals surface area contributed by atoms with Gasteiger partial charge in [-0.25, -0.2) is 0 Å². The molecule has 0 radical (unpaired) electrons. The van der Waals surface area contributed by atoms with Gasteiger partial charge in [0.2, 0.25) is 0 Å². The third-order valence-electron chi connectivity index (χ3n) is 5.63. The van der Waals surface area contributed by atoms with Gasteiger partial charge in [0, 0.05) is 43.4 Å². The second-order valence-corrected chi connectivity index (χ2v) is 9.51. The van der Waals surface area contributed by atoms with Gasteiger partial charge in [0.25, 0.3) is 5.91 Å². The average Bonchev–Trinajstić information content (AvgIpc) is 2.76. The fourth-order valence-corrected chi connectivity index (χ4v) is 3.79. The molecule has 1 aliphatic heterocycles. The number of carbonyl (C=O) groups excluding carboxylic acids is 1. The average molecular weight is 444 g/mol. The molecule has 0 unspecified atom stereocenters. The predicted molar refractivity (Wildman–Crippen MR) is 128 cm³/mol. The van der Waals surface area contributed by atoms with Crippen LogP contribution in [0.3, 0.4) is 0 Å². The Kier molecular flexibility index (Phi) is 8.22. The van der Waals surface area contributed by atoms with Crippen molar-refractivity contribution in [3.05, 3.63) is 59.1 Å². The van der Waals surface area contributed by atoms with Gasteiger partial charge in [0.1, 0.15) is 5.75 Å². The van der Waals surface area contributed by atoms with Crippen molar-refractivity contribution in [3.63, 3.8) is 0 Å². The van der Waals surface area contributed by atoms with Crippen LogP contribution in [0.25, 0.3) is 0 Å². The molecule has 0 spiro atoms. The predicted octanol–water partition coefficient (Wildman–Crippen LogP) is 4.34. The van der Waals surface area contributed by atoms with E-state index in [2.05, 4.69) is 60.2 Å². The summed E-state index contributed by atoms with van der Waals surface area (Å²) in [5.74, 6) is 0.647. The van der Waals surface area contributed by atoms with Crippen LogP contribution in [0.1, 0.15) is 32.8 Å². The summed E-state index contributed by atoms with van der Waals surface area (Å²) in [6.45, 7) is 12.3. The molecular weight excluding hydrogens is 410 g/mol. The van der Waals surface area contributed by atoms with Crippen molar-refractivity contribution in [3.8, 4) is 5.75 Å². The number of piperazine rings is 1. The quantitative estimate of drug-likeness (QED) is 0.616. The first-order chi connectivity index (χ1) is 14.8. The fraction of sp³-hybridized carbons (Fsp3) is 0.480. The molecule has 5 nitrogen and oxygen atoms in total. The summed E-state index contributed by atoms with van der Waals surface area (Å²) in [6.07, 6.45) is 0.937. The van der Waals surface area contributed by atoms with Crippen LogP contribution >= 0.6 is 11.6 Å². The minimum absolute atomic E-state index is 0.0502. The zero-order chi connectivity index (χ0) is 22.3. The van der Waals surface area contributed by atoms with E-state index in [4.69, 9.17) is 16.3 Å². The first-order valence-corrected chi connectivity index (χ1v) is 11.4. The van der Waals surface area contributed by atoms with Crippen LogP contribution in [0.5, 0.6) is 5.75 Å². The summed E-state index contributed by atoms with van der Waals surface area (Å²) >= 11 is 5.97. The van der Waals surface area contributed by atoms with Crippen LogP contribution < -0.4 is 15.0 Å². The number of anilines is 1. The Morgan fingerprint density at radius 3 is 2.26 bits per heavy atom. The maximum absolute atomic E-state index is 12.1. The lowest BCUT2D eigenvalue weighted by Gasteiger charge is -2.36. The summed E-state index contributed by atoms with van der Waals surface area (Å²) in [6, 6.07) is 16.0. The van der Waals surface area contributed by atoms with Gasteiger partial charge in [-0.2, -0.15) is 0 Å². The van der Waals surface area contributed by atoms with Gasteiger partial charge in [-0.15, -0.1) is 0 Å². The fourth-order valence-electron chi connectivity index (χ4n) is 3.66. The molecule has 0 aliphatic carbocycles. The van der Waals surface area contributed by atoms with Gasteiger partial charge in [-0.05, 0) is 60.3 Å². The van der Waals surface area contributed by atoms with Crippen molar-refractivity contribution in [2.24, 2.45) is 0 Å². The molecule has 1 amide bonds. The van der Waals surface area contributed by atoms with Gasteiger partial charge in [0.15, 0.2) is 6.61 Å². The molecule has 3 rings (SSSR count). The molecule has 1 saturated heterocycles. The summed E-state index contributed by atoms with van der Waals surface area (Å²) in [5.41, 5.74) is 2.58. The maximum Gasteiger partial charge on any atom is 0.257 e. The SMILES string of the molecule is CC(C)(C)c1ccc(OCC(=O)NCCCN2CCN(c3ccc(Cl)cc3)CC2)cc1. The highest BCUT2D eigenvalue weighted by molar-refractivity contribution is 6.30. The Bertz CT molecular complexity index is 823. The lowest BCUT2D eigenvalue weighted by Crippen LogP contribution is -2.47. The lowest BCUT2D eigenvalue weighted by molar-refractivity contribution is -0.123. The van der Waals surface area contributed by atoms with Crippen molar-refractivity contribution in [1.82, 2.24) is 10.2 Å². The zero-order valence-electron chi connectivity index (χ0n) is 18.9. The van der Waals surface area contributed by atoms with Crippen molar-refractivity contribution >= 4 is 23.2 Å². The molecule has 1 heterocycles. The molecule has 6 heteroatoms. The van der Waals surface area contributed by atoms with Crippen LogP contribution in [-0.4, -0.2) is 56.7 Å². The molecule has 31 heavy (non-hydrogen) atoms. The number of amides is 1. The molecule has 1 N–H and O–H groups in total. The Morgan fingerprint density at radius 2 is 1.65 bits per heavy atom. The van der Waals surface area contributed by atoms with E-state index < -0.39 is 0 Å². The van der Waals surface area contributed by atoms with E-state index in [1.165, 1.54) is 11.3 Å². The van der Waals surface area contributed by atoms with Crippen LogP contribution in [-0.2, 0) is 10.2 Å². The van der Waals surface area contributed by atoms with E-state index >= 15 is 0 Å². The van der Waals surface area contributed by atoms with Crippen LogP contribution in [0.4, 0.5) is 5.69 Å². The van der Waals surface area contributed by atoms with Crippen molar-refractivity contribution in [2.45, 2.75) is 32.6 Å². The largest absolute Gasteiger partial charge is 0.484 e. The standard InChI is InChI=1S/C25H34ClN3O2/c1-25(2,3)20-5-11-23(12-6-20)31-19-24(30)27-13-4-14-28-15-17-29(18-16-28)22-9-7-21(26)8-10-22/h5-12H,4,13-19H2,1-3H3,(H,27,30). The Morgan fingerprint density at radius 1 is 1.00 bits per heavy atom. The van der Waals surface area contributed by atoms with Crippen LogP contribution in [0, 0.1) is 0 Å². The van der Waals surface area contributed by atoms with Crippen molar-refractivity contribution in [1.29, 1.82) is 0 Å². The van der Waals surface area contributed by atoms with Gasteiger partial charge in [0.05, 0.1) is 0 Å². The maximum atomic E-state index is 12.1. The van der Waals surface area contributed by atoms with Crippen molar-refractivity contribution < 1.29 is 9.53 Å². The molecule has 0 bridgehead atoms. The number of nitrogens with zero attached hydrogens (tertiary/aromatic N) is 2. The monoisotopic (exact) mass is 443 g/mol. The number of hydrogen-bond acceptors (Lipinski definition) is 4. The molecule has 0 saturated carbocycles. The van der Waals surface area contributed by atoms with E-state index in [1.807, 2.05) is 24.3 Å². The lowest BCUT2D eigenvalue weighted by atomic mass is 9.87. The van der Waals surface area contributed by atoms with Gasteiger partial charge in [-0.3, -0.25) is 9.69 Å². The minimum Gasteiger partial charge on any atom is -0.484 e. The summed E-state index contributed by atoms with van der Waals surface area (Å²) in [4.78, 5) is 16.9. The third kappa shape index (κ3) is 7.44. The summed E-state index contributed by atoms with van der Waals surface area (Å²) in [5, 5.41) is 3.73. The van der Waals surface area contributed by atoms with E-state index in [-0.39, 0.29) is 17.9 Å². The Balaban J connectivity index is 1.28. The van der Waals surface area contributed by atoms with E-state index in [0.717, 1.165) is 49.9 Å². The number of ether oxygens (including phenoxy) is 1. The van der Waals surface area contributed by atoms with Gasteiger partial charge < -0.3 is 15.0 Å². The van der Waals surface area contributed by atoms with E-state index in [1.54, 1.807) is 0 Å². The van der Waals surface area contributed by atoms with Gasteiger partial charge in [-0.1, -0.05) is 44.5 Å². The normalized spacial score (nSPS) is 15.0. The molecular formula is C25H34ClN3O2.